The molecule has 0 rings (SSSR count). The fourth-order valence-corrected chi connectivity index (χ4v) is 7.76. The number of ether oxygens (including phenoxy) is 3. The Morgan fingerprint density at radius 1 is 0.293 bits per heavy atom. The maximum Gasteiger partial charge on any atom is 0.306 e. The lowest BCUT2D eigenvalue weighted by atomic mass is 10.0. The smallest absolute Gasteiger partial charge is 0.306 e. The van der Waals surface area contributed by atoms with E-state index in [0.717, 1.165) is 75.5 Å². The van der Waals surface area contributed by atoms with Gasteiger partial charge >= 0.3 is 17.9 Å². The van der Waals surface area contributed by atoms with Crippen LogP contribution in [0.3, 0.4) is 0 Å². The van der Waals surface area contributed by atoms with E-state index in [-0.39, 0.29) is 31.1 Å². The number of esters is 3. The van der Waals surface area contributed by atoms with Crippen LogP contribution in [-0.2, 0) is 28.6 Å². The summed E-state index contributed by atoms with van der Waals surface area (Å²) in [5.41, 5.74) is 0. The summed E-state index contributed by atoms with van der Waals surface area (Å²) in [6.07, 6.45) is 42.3. The van der Waals surface area contributed by atoms with Crippen molar-refractivity contribution in [2.75, 3.05) is 13.2 Å². The first kappa shape index (κ1) is 56.4. The van der Waals surface area contributed by atoms with Gasteiger partial charge < -0.3 is 14.2 Å². The molecule has 58 heavy (non-hydrogen) atoms. The van der Waals surface area contributed by atoms with Crippen molar-refractivity contribution in [3.63, 3.8) is 0 Å². The predicted molar refractivity (Wildman–Crippen MR) is 247 cm³/mol. The minimum Gasteiger partial charge on any atom is -0.462 e. The van der Waals surface area contributed by atoms with Crippen molar-refractivity contribution in [3.05, 3.63) is 0 Å². The number of unbranched alkanes of at least 4 members (excludes halogenated alkanes) is 28. The molecule has 0 unspecified atom stereocenters. The molecule has 0 aromatic heterocycles. The number of hydrogen-bond acceptors (Lipinski definition) is 6. The van der Waals surface area contributed by atoms with Gasteiger partial charge in [-0.2, -0.15) is 0 Å². The lowest BCUT2D eigenvalue weighted by Crippen LogP contribution is -2.30. The zero-order valence-corrected chi connectivity index (χ0v) is 39.8. The van der Waals surface area contributed by atoms with E-state index < -0.39 is 6.10 Å². The van der Waals surface area contributed by atoms with Crippen LogP contribution in [0, 0.1) is 17.8 Å². The predicted octanol–water partition coefficient (Wildman–Crippen LogP) is 16.4. The Morgan fingerprint density at radius 2 is 0.500 bits per heavy atom. The van der Waals surface area contributed by atoms with Crippen LogP contribution in [0.4, 0.5) is 0 Å². The third kappa shape index (κ3) is 45.5. The molecule has 0 saturated heterocycles. The van der Waals surface area contributed by atoms with Gasteiger partial charge in [-0.25, -0.2) is 0 Å². The number of carbonyl (C=O) groups is 3. The normalized spacial score (nSPS) is 12.2. The molecule has 0 spiro atoms. The summed E-state index contributed by atoms with van der Waals surface area (Å²) >= 11 is 0. The highest BCUT2D eigenvalue weighted by Crippen LogP contribution is 2.17. The minimum absolute atomic E-state index is 0.0650. The lowest BCUT2D eigenvalue weighted by molar-refractivity contribution is -0.167. The van der Waals surface area contributed by atoms with Gasteiger partial charge in [0.15, 0.2) is 6.10 Å². The monoisotopic (exact) mass is 821 g/mol. The molecule has 1 atom stereocenters. The summed E-state index contributed by atoms with van der Waals surface area (Å²) < 4.78 is 16.8. The first-order chi connectivity index (χ1) is 28.1. The van der Waals surface area contributed by atoms with Crippen molar-refractivity contribution in [2.45, 2.75) is 285 Å². The van der Waals surface area contributed by atoms with Gasteiger partial charge in [0.1, 0.15) is 13.2 Å². The Morgan fingerprint density at radius 3 is 0.741 bits per heavy atom. The highest BCUT2D eigenvalue weighted by molar-refractivity contribution is 5.71. The molecule has 0 N–H and O–H groups in total. The highest BCUT2D eigenvalue weighted by Gasteiger charge is 2.19. The van der Waals surface area contributed by atoms with Crippen LogP contribution in [0.2, 0.25) is 0 Å². The van der Waals surface area contributed by atoms with Gasteiger partial charge in [0.05, 0.1) is 0 Å². The van der Waals surface area contributed by atoms with Crippen molar-refractivity contribution in [2.24, 2.45) is 17.8 Å². The third-order valence-corrected chi connectivity index (χ3v) is 11.6. The molecule has 0 aromatic rings. The van der Waals surface area contributed by atoms with Crippen LogP contribution in [0.1, 0.15) is 279 Å². The molecule has 0 aliphatic carbocycles. The fraction of sp³-hybridized carbons (Fsp3) is 0.942. The van der Waals surface area contributed by atoms with Crippen molar-refractivity contribution in [1.29, 1.82) is 0 Å². The Bertz CT molecular complexity index is 898. The highest BCUT2D eigenvalue weighted by atomic mass is 16.6. The molecule has 0 radical (unpaired) electrons. The Kier molecular flexibility index (Phi) is 42.3. The standard InChI is InChI=1S/C52H100O6/c1-46(2)38-32-26-20-14-8-7-9-17-23-29-35-41-50(53)56-44-49(58-52(55)43-37-31-25-19-13-11-16-22-28-34-40-48(5)6)45-57-51(54)42-36-30-24-18-12-10-15-21-27-33-39-47(3)4/h46-49H,7-45H2,1-6H3/t49-/m1/s1. The van der Waals surface area contributed by atoms with Gasteiger partial charge in [-0.3, -0.25) is 14.4 Å². The van der Waals surface area contributed by atoms with Gasteiger partial charge in [-0.1, -0.05) is 241 Å². The van der Waals surface area contributed by atoms with Gasteiger partial charge in [0.2, 0.25) is 0 Å². The van der Waals surface area contributed by atoms with Crippen molar-refractivity contribution < 1.29 is 28.6 Å². The summed E-state index contributed by atoms with van der Waals surface area (Å²) in [4.78, 5) is 37.9. The van der Waals surface area contributed by atoms with E-state index in [4.69, 9.17) is 14.2 Å². The third-order valence-electron chi connectivity index (χ3n) is 11.6. The second-order valence-electron chi connectivity index (χ2n) is 19.2. The minimum atomic E-state index is -0.762. The first-order valence-corrected chi connectivity index (χ1v) is 25.6. The summed E-state index contributed by atoms with van der Waals surface area (Å²) in [6, 6.07) is 0. The summed E-state index contributed by atoms with van der Waals surface area (Å²) in [7, 11) is 0. The Balaban J connectivity index is 4.33. The van der Waals surface area contributed by atoms with Gasteiger partial charge in [0, 0.05) is 19.3 Å². The maximum absolute atomic E-state index is 12.8. The summed E-state index contributed by atoms with van der Waals surface area (Å²) in [5, 5.41) is 0. The molecule has 0 amide bonds. The van der Waals surface area contributed by atoms with Gasteiger partial charge in [-0.15, -0.1) is 0 Å². The summed E-state index contributed by atoms with van der Waals surface area (Å²) in [5.74, 6) is 1.61. The zero-order chi connectivity index (χ0) is 42.7. The van der Waals surface area contributed by atoms with Gasteiger partial charge in [0.25, 0.3) is 0 Å². The number of rotatable bonds is 45. The molecule has 6 nitrogen and oxygen atoms in total. The molecule has 0 bridgehead atoms. The fourth-order valence-electron chi connectivity index (χ4n) is 7.76. The Labute approximate surface area is 361 Å². The van der Waals surface area contributed by atoms with E-state index in [9.17, 15) is 14.4 Å². The van der Waals surface area contributed by atoms with Crippen LogP contribution in [0.5, 0.6) is 0 Å². The van der Waals surface area contributed by atoms with Crippen LogP contribution in [0.25, 0.3) is 0 Å². The van der Waals surface area contributed by atoms with E-state index in [1.54, 1.807) is 0 Å². The zero-order valence-electron chi connectivity index (χ0n) is 39.8. The molecular weight excluding hydrogens is 721 g/mol. The van der Waals surface area contributed by atoms with Crippen LogP contribution in [0.15, 0.2) is 0 Å². The largest absolute Gasteiger partial charge is 0.462 e. The quantitative estimate of drug-likeness (QED) is 0.0346. The molecule has 6 heteroatoms. The van der Waals surface area contributed by atoms with Crippen LogP contribution < -0.4 is 0 Å². The lowest BCUT2D eigenvalue weighted by Gasteiger charge is -2.18. The SMILES string of the molecule is CC(C)CCCCCCCCCCCCCC(=O)OC[C@H](COC(=O)CCCCCCCCCCCCC(C)C)OC(=O)CCCCCCCCCCCCC(C)C. The molecule has 0 saturated carbocycles. The first-order valence-electron chi connectivity index (χ1n) is 25.6. The van der Waals surface area contributed by atoms with Gasteiger partial charge in [-0.05, 0) is 37.0 Å². The second kappa shape index (κ2) is 43.5. The number of carbonyl (C=O) groups excluding carboxylic acids is 3. The molecular formula is C52H100O6. The number of hydrogen-bond donors (Lipinski definition) is 0. The molecule has 0 fully saturated rings. The van der Waals surface area contributed by atoms with E-state index in [0.29, 0.717) is 19.3 Å². The maximum atomic E-state index is 12.8. The average molecular weight is 821 g/mol. The second-order valence-corrected chi connectivity index (χ2v) is 19.2. The van der Waals surface area contributed by atoms with E-state index >= 15 is 0 Å². The molecule has 0 aliphatic rings. The molecule has 0 aromatic carbocycles. The van der Waals surface area contributed by atoms with E-state index in [1.807, 2.05) is 0 Å². The van der Waals surface area contributed by atoms with E-state index in [2.05, 4.69) is 41.5 Å². The van der Waals surface area contributed by atoms with Crippen molar-refractivity contribution >= 4 is 17.9 Å². The summed E-state index contributed by atoms with van der Waals surface area (Å²) in [6.45, 7) is 13.7. The molecule has 344 valence electrons. The van der Waals surface area contributed by atoms with E-state index in [1.165, 1.54) is 161 Å². The molecule has 0 heterocycles. The van der Waals surface area contributed by atoms with Crippen LogP contribution in [-0.4, -0.2) is 37.2 Å². The van der Waals surface area contributed by atoms with Crippen molar-refractivity contribution in [1.82, 2.24) is 0 Å². The van der Waals surface area contributed by atoms with Crippen molar-refractivity contribution in [3.8, 4) is 0 Å². The Hall–Kier alpha value is -1.59. The topological polar surface area (TPSA) is 78.9 Å². The molecule has 0 aliphatic heterocycles. The van der Waals surface area contributed by atoms with Crippen LogP contribution >= 0.6 is 0 Å². The average Bonchev–Trinajstić information content (AvgIpc) is 3.18.